The van der Waals surface area contributed by atoms with E-state index >= 15 is 0 Å². The molecule has 4 nitrogen and oxygen atoms in total. The first-order valence-corrected chi connectivity index (χ1v) is 6.11. The van der Waals surface area contributed by atoms with Gasteiger partial charge in [0.2, 0.25) is 0 Å². The van der Waals surface area contributed by atoms with Crippen LogP contribution in [0.5, 0.6) is 0 Å². The quantitative estimate of drug-likeness (QED) is 0.848. The van der Waals surface area contributed by atoms with Crippen LogP contribution in [0.15, 0.2) is 24.3 Å². The fraction of sp³-hybridized carbons (Fsp3) is 0.462. The van der Waals surface area contributed by atoms with Crippen LogP contribution < -0.4 is 10.2 Å². The molecule has 0 radical (unpaired) electrons. The summed E-state index contributed by atoms with van der Waals surface area (Å²) in [5, 5.41) is 2.78. The summed E-state index contributed by atoms with van der Waals surface area (Å²) >= 11 is 0. The van der Waals surface area contributed by atoms with Crippen molar-refractivity contribution in [3.63, 3.8) is 0 Å². The van der Waals surface area contributed by atoms with Crippen LogP contribution in [0.1, 0.15) is 24.4 Å². The summed E-state index contributed by atoms with van der Waals surface area (Å²) in [6, 6.07) is 8.42. The molecule has 2 saturated heterocycles. The van der Waals surface area contributed by atoms with E-state index in [9.17, 15) is 4.79 Å². The smallest absolute Gasteiger partial charge is 0.407 e. The Morgan fingerprint density at radius 2 is 1.88 bits per heavy atom. The maximum absolute atomic E-state index is 11.0. The van der Waals surface area contributed by atoms with Crippen LogP contribution in [-0.4, -0.2) is 25.8 Å². The first-order chi connectivity index (χ1) is 8.33. The van der Waals surface area contributed by atoms with E-state index < -0.39 is 0 Å². The van der Waals surface area contributed by atoms with Gasteiger partial charge < -0.3 is 15.0 Å². The second-order valence-corrected chi connectivity index (χ2v) is 4.58. The third kappa shape index (κ3) is 2.07. The lowest BCUT2D eigenvalue weighted by molar-refractivity contribution is 0.177. The van der Waals surface area contributed by atoms with Gasteiger partial charge in [0.25, 0.3) is 0 Å². The molecule has 1 atom stereocenters. The maximum atomic E-state index is 11.0. The molecule has 1 aromatic carbocycles. The van der Waals surface area contributed by atoms with E-state index in [1.807, 2.05) is 0 Å². The molecule has 3 rings (SSSR count). The van der Waals surface area contributed by atoms with Crippen LogP contribution in [0.3, 0.4) is 0 Å². The Hall–Kier alpha value is -1.71. The number of nitrogens with zero attached hydrogens (tertiary/aromatic N) is 1. The van der Waals surface area contributed by atoms with Crippen molar-refractivity contribution < 1.29 is 9.53 Å². The van der Waals surface area contributed by atoms with Gasteiger partial charge in [-0.2, -0.15) is 0 Å². The van der Waals surface area contributed by atoms with E-state index in [0.29, 0.717) is 6.61 Å². The Balaban J connectivity index is 1.73. The number of cyclic esters (lactones) is 1. The Morgan fingerprint density at radius 1 is 1.18 bits per heavy atom. The van der Waals surface area contributed by atoms with Gasteiger partial charge in [0, 0.05) is 18.8 Å². The predicted molar refractivity (Wildman–Crippen MR) is 65.1 cm³/mol. The van der Waals surface area contributed by atoms with E-state index in [4.69, 9.17) is 4.74 Å². The zero-order chi connectivity index (χ0) is 11.7. The minimum atomic E-state index is -0.321. The lowest BCUT2D eigenvalue weighted by Crippen LogP contribution is -2.19. The largest absolute Gasteiger partial charge is 0.447 e. The SMILES string of the molecule is O=C1N[C@@H](c2ccc(N3CCCC3)cc2)CO1. The van der Waals surface area contributed by atoms with Crippen molar-refractivity contribution in [2.24, 2.45) is 0 Å². The third-order valence-corrected chi connectivity index (χ3v) is 3.44. The van der Waals surface area contributed by atoms with Gasteiger partial charge in [0.05, 0.1) is 6.04 Å². The molecular formula is C13H16N2O2. The fourth-order valence-electron chi connectivity index (χ4n) is 2.46. The Kier molecular flexibility index (Phi) is 2.63. The number of carbonyl (C=O) groups excluding carboxylic acids is 1. The number of hydrogen-bond acceptors (Lipinski definition) is 3. The normalized spacial score (nSPS) is 23.6. The molecule has 2 heterocycles. The molecule has 0 saturated carbocycles. The predicted octanol–water partition coefficient (Wildman–Crippen LogP) is 2.07. The van der Waals surface area contributed by atoms with Crippen LogP contribution in [0, 0.1) is 0 Å². The van der Waals surface area contributed by atoms with Gasteiger partial charge >= 0.3 is 6.09 Å². The zero-order valence-electron chi connectivity index (χ0n) is 9.69. The summed E-state index contributed by atoms with van der Waals surface area (Å²) in [5.74, 6) is 0. The highest BCUT2D eigenvalue weighted by molar-refractivity contribution is 5.70. The van der Waals surface area contributed by atoms with Crippen LogP contribution in [0.2, 0.25) is 0 Å². The summed E-state index contributed by atoms with van der Waals surface area (Å²) in [5.41, 5.74) is 2.38. The second-order valence-electron chi connectivity index (χ2n) is 4.58. The molecule has 1 amide bonds. The van der Waals surface area contributed by atoms with E-state index in [1.165, 1.54) is 18.5 Å². The average molecular weight is 232 g/mol. The molecule has 1 N–H and O–H groups in total. The van der Waals surface area contributed by atoms with Gasteiger partial charge in [0.1, 0.15) is 6.61 Å². The highest BCUT2D eigenvalue weighted by Gasteiger charge is 2.23. The van der Waals surface area contributed by atoms with Gasteiger partial charge in [-0.1, -0.05) is 12.1 Å². The van der Waals surface area contributed by atoms with Crippen LogP contribution >= 0.6 is 0 Å². The number of anilines is 1. The molecule has 2 aliphatic heterocycles. The van der Waals surface area contributed by atoms with E-state index in [1.54, 1.807) is 0 Å². The van der Waals surface area contributed by atoms with Crippen molar-refractivity contribution in [3.05, 3.63) is 29.8 Å². The Labute approximate surface area is 101 Å². The van der Waals surface area contributed by atoms with E-state index in [2.05, 4.69) is 34.5 Å². The highest BCUT2D eigenvalue weighted by atomic mass is 16.6. The molecule has 0 unspecified atom stereocenters. The van der Waals surface area contributed by atoms with E-state index in [-0.39, 0.29) is 12.1 Å². The van der Waals surface area contributed by atoms with Crippen LogP contribution in [0.25, 0.3) is 0 Å². The van der Waals surface area contributed by atoms with E-state index in [0.717, 1.165) is 18.7 Å². The minimum Gasteiger partial charge on any atom is -0.447 e. The zero-order valence-corrected chi connectivity index (χ0v) is 9.69. The molecular weight excluding hydrogens is 216 g/mol. The van der Waals surface area contributed by atoms with Gasteiger partial charge in [0.15, 0.2) is 0 Å². The number of alkyl carbamates (subject to hydrolysis) is 1. The van der Waals surface area contributed by atoms with Crippen molar-refractivity contribution >= 4 is 11.8 Å². The summed E-state index contributed by atoms with van der Waals surface area (Å²) in [6.07, 6.45) is 2.25. The summed E-state index contributed by atoms with van der Waals surface area (Å²) in [7, 11) is 0. The van der Waals surface area contributed by atoms with Gasteiger partial charge in [-0.15, -0.1) is 0 Å². The van der Waals surface area contributed by atoms with Crippen molar-refractivity contribution in [1.82, 2.24) is 5.32 Å². The molecule has 2 aliphatic rings. The monoisotopic (exact) mass is 232 g/mol. The molecule has 17 heavy (non-hydrogen) atoms. The maximum Gasteiger partial charge on any atom is 0.407 e. The lowest BCUT2D eigenvalue weighted by Gasteiger charge is -2.18. The summed E-state index contributed by atoms with van der Waals surface area (Å²) in [4.78, 5) is 13.4. The van der Waals surface area contributed by atoms with Crippen LogP contribution in [0.4, 0.5) is 10.5 Å². The number of benzene rings is 1. The first kappa shape index (κ1) is 10.4. The minimum absolute atomic E-state index is 0.00938. The molecule has 0 bridgehead atoms. The molecule has 90 valence electrons. The number of hydrogen-bond donors (Lipinski definition) is 1. The number of carbonyl (C=O) groups is 1. The number of rotatable bonds is 2. The summed E-state index contributed by atoms with van der Waals surface area (Å²) < 4.78 is 4.89. The average Bonchev–Trinajstić information content (AvgIpc) is 3.00. The molecule has 4 heteroatoms. The first-order valence-electron chi connectivity index (χ1n) is 6.11. The van der Waals surface area contributed by atoms with Crippen molar-refractivity contribution in [3.8, 4) is 0 Å². The molecule has 0 aliphatic carbocycles. The summed E-state index contributed by atoms with van der Waals surface area (Å²) in [6.45, 7) is 2.74. The van der Waals surface area contributed by atoms with Crippen molar-refractivity contribution in [1.29, 1.82) is 0 Å². The Morgan fingerprint density at radius 3 is 2.47 bits per heavy atom. The topological polar surface area (TPSA) is 41.6 Å². The van der Waals surface area contributed by atoms with Gasteiger partial charge in [-0.25, -0.2) is 4.79 Å². The standard InChI is InChI=1S/C13H16N2O2/c16-13-14-12(9-17-13)10-3-5-11(6-4-10)15-7-1-2-8-15/h3-6,12H,1-2,7-9H2,(H,14,16)/t12-/m1/s1. The number of nitrogens with one attached hydrogen (secondary N) is 1. The fourth-order valence-corrected chi connectivity index (χ4v) is 2.46. The van der Waals surface area contributed by atoms with Crippen LogP contribution in [-0.2, 0) is 4.74 Å². The van der Waals surface area contributed by atoms with Gasteiger partial charge in [-0.3, -0.25) is 0 Å². The van der Waals surface area contributed by atoms with Crippen molar-refractivity contribution in [2.75, 3.05) is 24.6 Å². The lowest BCUT2D eigenvalue weighted by atomic mass is 10.1. The number of amides is 1. The van der Waals surface area contributed by atoms with Gasteiger partial charge in [-0.05, 0) is 30.5 Å². The molecule has 2 fully saturated rings. The molecule has 0 spiro atoms. The number of ether oxygens (including phenoxy) is 1. The second kappa shape index (κ2) is 4.28. The third-order valence-electron chi connectivity index (χ3n) is 3.44. The Bertz CT molecular complexity index is 410. The molecule has 0 aromatic heterocycles. The molecule has 1 aromatic rings. The van der Waals surface area contributed by atoms with Crippen molar-refractivity contribution in [2.45, 2.75) is 18.9 Å². The highest BCUT2D eigenvalue weighted by Crippen LogP contribution is 2.24.